The molecule has 106 valence electrons. The van der Waals surface area contributed by atoms with Crippen LogP contribution < -0.4 is 4.90 Å². The highest BCUT2D eigenvalue weighted by Crippen LogP contribution is 2.22. The number of morpholine rings is 1. The molecule has 1 aromatic heterocycles. The van der Waals surface area contributed by atoms with Crippen molar-refractivity contribution in [2.75, 3.05) is 23.9 Å². The first kappa shape index (κ1) is 14.5. The molecule has 0 saturated carbocycles. The van der Waals surface area contributed by atoms with E-state index in [-0.39, 0.29) is 6.10 Å². The summed E-state index contributed by atoms with van der Waals surface area (Å²) in [5, 5.41) is 0. The van der Waals surface area contributed by atoms with Crippen LogP contribution in [0.15, 0.2) is 6.07 Å². The lowest BCUT2D eigenvalue weighted by Gasteiger charge is -2.38. The number of alkyl halides is 1. The van der Waals surface area contributed by atoms with Gasteiger partial charge in [-0.25, -0.2) is 9.97 Å². The van der Waals surface area contributed by atoms with Gasteiger partial charge in [-0.2, -0.15) is 0 Å². The van der Waals surface area contributed by atoms with Crippen LogP contribution in [0, 0.1) is 6.92 Å². The molecule has 0 amide bonds. The van der Waals surface area contributed by atoms with E-state index in [1.54, 1.807) is 0 Å². The number of anilines is 1. The van der Waals surface area contributed by atoms with Crippen LogP contribution in [-0.2, 0) is 4.74 Å². The van der Waals surface area contributed by atoms with Gasteiger partial charge in [0, 0.05) is 24.2 Å². The summed E-state index contributed by atoms with van der Waals surface area (Å²) in [6.45, 7) is 9.87. The second-order valence-corrected chi connectivity index (χ2v) is 5.80. The molecule has 2 rings (SSSR count). The molecule has 0 radical (unpaired) electrons. The summed E-state index contributed by atoms with van der Waals surface area (Å²) in [4.78, 5) is 11.5. The predicted octanol–water partition coefficient (Wildman–Crippen LogP) is 2.74. The van der Waals surface area contributed by atoms with E-state index in [2.05, 4.69) is 30.7 Å². The summed E-state index contributed by atoms with van der Waals surface area (Å²) in [7, 11) is 0. The molecule has 2 heterocycles. The van der Waals surface area contributed by atoms with E-state index in [0.717, 1.165) is 23.9 Å². The van der Waals surface area contributed by atoms with Gasteiger partial charge in [0.1, 0.15) is 11.6 Å². The van der Waals surface area contributed by atoms with E-state index in [9.17, 15) is 0 Å². The van der Waals surface area contributed by atoms with Crippen molar-refractivity contribution in [1.82, 2.24) is 9.97 Å². The first-order valence-corrected chi connectivity index (χ1v) is 7.34. The minimum absolute atomic E-state index is 0.0793. The van der Waals surface area contributed by atoms with Gasteiger partial charge in [0.2, 0.25) is 0 Å². The van der Waals surface area contributed by atoms with E-state index < -0.39 is 0 Å². The van der Waals surface area contributed by atoms with Crippen LogP contribution >= 0.6 is 11.6 Å². The monoisotopic (exact) mass is 283 g/mol. The fourth-order valence-corrected chi connectivity index (χ4v) is 2.40. The van der Waals surface area contributed by atoms with E-state index in [4.69, 9.17) is 21.3 Å². The Labute approximate surface area is 120 Å². The molecule has 1 aliphatic heterocycles. The number of hydrogen-bond donors (Lipinski definition) is 0. The predicted molar refractivity (Wildman–Crippen MR) is 78.1 cm³/mol. The smallest absolute Gasteiger partial charge is 0.133 e. The van der Waals surface area contributed by atoms with Crippen LogP contribution in [-0.4, -0.2) is 41.1 Å². The average Bonchev–Trinajstić information content (AvgIpc) is 2.38. The first-order chi connectivity index (χ1) is 9.01. The summed E-state index contributed by atoms with van der Waals surface area (Å²) in [5.74, 6) is 2.74. The van der Waals surface area contributed by atoms with Crippen LogP contribution in [0.3, 0.4) is 0 Å². The van der Waals surface area contributed by atoms with E-state index >= 15 is 0 Å². The second kappa shape index (κ2) is 6.06. The number of hydrogen-bond acceptors (Lipinski definition) is 4. The van der Waals surface area contributed by atoms with Crippen LogP contribution in [0.1, 0.15) is 38.2 Å². The summed E-state index contributed by atoms with van der Waals surface area (Å²) >= 11 is 5.91. The average molecular weight is 284 g/mol. The largest absolute Gasteiger partial charge is 0.373 e. The molecule has 1 saturated heterocycles. The van der Waals surface area contributed by atoms with Crippen LogP contribution in [0.4, 0.5) is 5.82 Å². The maximum atomic E-state index is 5.91. The second-order valence-electron chi connectivity index (χ2n) is 5.49. The van der Waals surface area contributed by atoms with Crippen LogP contribution in [0.2, 0.25) is 0 Å². The molecular weight excluding hydrogens is 262 g/mol. The van der Waals surface area contributed by atoms with Gasteiger partial charge < -0.3 is 9.64 Å². The molecule has 0 bridgehead atoms. The van der Waals surface area contributed by atoms with Gasteiger partial charge in [0.15, 0.2) is 0 Å². The number of nitrogens with zero attached hydrogens (tertiary/aromatic N) is 3. The summed E-state index contributed by atoms with van der Waals surface area (Å²) < 4.78 is 5.68. The highest BCUT2D eigenvalue weighted by atomic mass is 35.5. The lowest BCUT2D eigenvalue weighted by molar-refractivity contribution is 0.0361. The zero-order valence-corrected chi connectivity index (χ0v) is 12.8. The molecule has 5 heteroatoms. The number of ether oxygens (including phenoxy) is 1. The quantitative estimate of drug-likeness (QED) is 0.800. The standard InChI is InChI=1S/C14H22ClN3O/c1-9(2)14-16-10(3)5-13(17-14)18-7-12(6-15)19-8-11(18)4/h5,9,11-12H,6-8H2,1-4H3. The molecule has 2 atom stereocenters. The van der Waals surface area contributed by atoms with Gasteiger partial charge in [-0.15, -0.1) is 11.6 Å². The topological polar surface area (TPSA) is 38.2 Å². The van der Waals surface area contributed by atoms with Crippen LogP contribution in [0.25, 0.3) is 0 Å². The van der Waals surface area contributed by atoms with E-state index in [0.29, 0.717) is 24.4 Å². The maximum absolute atomic E-state index is 5.91. The minimum atomic E-state index is 0.0793. The molecule has 1 fully saturated rings. The highest BCUT2D eigenvalue weighted by Gasteiger charge is 2.27. The van der Waals surface area contributed by atoms with Crippen molar-refractivity contribution in [3.63, 3.8) is 0 Å². The van der Waals surface area contributed by atoms with Gasteiger partial charge in [0.05, 0.1) is 24.6 Å². The molecule has 2 unspecified atom stereocenters. The highest BCUT2D eigenvalue weighted by molar-refractivity contribution is 6.18. The van der Waals surface area contributed by atoms with Gasteiger partial charge in [0.25, 0.3) is 0 Å². The summed E-state index contributed by atoms with van der Waals surface area (Å²) in [5.41, 5.74) is 1.01. The molecule has 0 aromatic carbocycles. The fourth-order valence-electron chi connectivity index (χ4n) is 2.21. The minimum Gasteiger partial charge on any atom is -0.373 e. The molecule has 1 aromatic rings. The SMILES string of the molecule is Cc1cc(N2CC(CCl)OCC2C)nc(C(C)C)n1. The Hall–Kier alpha value is -0.870. The molecule has 4 nitrogen and oxygen atoms in total. The van der Waals surface area contributed by atoms with Crippen LogP contribution in [0.5, 0.6) is 0 Å². The number of halogens is 1. The Bertz CT molecular complexity index is 439. The van der Waals surface area contributed by atoms with Crippen molar-refractivity contribution in [3.05, 3.63) is 17.6 Å². The maximum Gasteiger partial charge on any atom is 0.133 e. The summed E-state index contributed by atoms with van der Waals surface area (Å²) in [6, 6.07) is 2.35. The molecular formula is C14H22ClN3O. The van der Waals surface area contributed by atoms with Crippen molar-refractivity contribution in [1.29, 1.82) is 0 Å². The van der Waals surface area contributed by atoms with E-state index in [1.165, 1.54) is 0 Å². The van der Waals surface area contributed by atoms with Gasteiger partial charge in [-0.3, -0.25) is 0 Å². The van der Waals surface area contributed by atoms with Crippen molar-refractivity contribution in [3.8, 4) is 0 Å². The lowest BCUT2D eigenvalue weighted by atomic mass is 10.2. The Morgan fingerprint density at radius 1 is 1.47 bits per heavy atom. The molecule has 1 aliphatic rings. The van der Waals surface area contributed by atoms with Crippen molar-refractivity contribution in [2.24, 2.45) is 0 Å². The number of aryl methyl sites for hydroxylation is 1. The fraction of sp³-hybridized carbons (Fsp3) is 0.714. The Balaban J connectivity index is 2.28. The zero-order chi connectivity index (χ0) is 14.0. The molecule has 0 N–H and O–H groups in total. The lowest BCUT2D eigenvalue weighted by Crippen LogP contribution is -2.49. The first-order valence-electron chi connectivity index (χ1n) is 6.81. The third-order valence-corrected chi connectivity index (χ3v) is 3.69. The van der Waals surface area contributed by atoms with Crippen molar-refractivity contribution in [2.45, 2.75) is 45.8 Å². The summed E-state index contributed by atoms with van der Waals surface area (Å²) in [6.07, 6.45) is 0.0793. The normalized spacial score (nSPS) is 24.0. The van der Waals surface area contributed by atoms with Crippen molar-refractivity contribution >= 4 is 17.4 Å². The number of aromatic nitrogens is 2. The molecule has 0 spiro atoms. The van der Waals surface area contributed by atoms with E-state index in [1.807, 2.05) is 13.0 Å². The van der Waals surface area contributed by atoms with Gasteiger partial charge >= 0.3 is 0 Å². The molecule has 0 aliphatic carbocycles. The van der Waals surface area contributed by atoms with Gasteiger partial charge in [-0.1, -0.05) is 13.8 Å². The Morgan fingerprint density at radius 3 is 2.84 bits per heavy atom. The number of rotatable bonds is 3. The third-order valence-electron chi connectivity index (χ3n) is 3.35. The van der Waals surface area contributed by atoms with Crippen molar-refractivity contribution < 1.29 is 4.74 Å². The Morgan fingerprint density at radius 2 is 2.21 bits per heavy atom. The molecule has 19 heavy (non-hydrogen) atoms. The third kappa shape index (κ3) is 3.37. The Kier molecular flexibility index (Phi) is 4.63. The van der Waals surface area contributed by atoms with Gasteiger partial charge in [-0.05, 0) is 13.8 Å². The zero-order valence-electron chi connectivity index (χ0n) is 12.1.